The molecular weight excluding hydrogens is 250 g/mol. The summed E-state index contributed by atoms with van der Waals surface area (Å²) in [6.07, 6.45) is 5.80. The van der Waals surface area contributed by atoms with Crippen LogP contribution in [0, 0.1) is 24.7 Å². The fourth-order valence-corrected chi connectivity index (χ4v) is 6.65. The van der Waals surface area contributed by atoms with Crippen molar-refractivity contribution in [1.29, 1.82) is 0 Å². The first-order chi connectivity index (χ1) is 8.44. The average Bonchev–Trinajstić information content (AvgIpc) is 2.26. The van der Waals surface area contributed by atoms with E-state index in [2.05, 4.69) is 11.6 Å². The molecule has 0 aromatic heterocycles. The minimum Gasteiger partial charge on any atom is -0.274 e. The van der Waals surface area contributed by atoms with Gasteiger partial charge in [-0.2, -0.15) is 0 Å². The zero-order chi connectivity index (χ0) is 13.0. The summed E-state index contributed by atoms with van der Waals surface area (Å²) in [7, 11) is -3.53. The van der Waals surface area contributed by atoms with E-state index in [0.717, 1.165) is 19.3 Å². The summed E-state index contributed by atoms with van der Waals surface area (Å²) in [6.45, 7) is 3.44. The molecule has 1 amide bonds. The molecular formula is C13H20NO3S. The summed E-state index contributed by atoms with van der Waals surface area (Å²) >= 11 is 0. The van der Waals surface area contributed by atoms with Gasteiger partial charge in [0.1, 0.15) is 0 Å². The number of hydrogen-bond donors (Lipinski definition) is 1. The first-order valence-electron chi connectivity index (χ1n) is 6.78. The van der Waals surface area contributed by atoms with Gasteiger partial charge in [-0.1, -0.05) is 0 Å². The SMILES string of the molecule is [CH2]CC(=O)NS(=O)(=O)C12CC3CC(CC(C3)C1)C2. The highest BCUT2D eigenvalue weighted by Crippen LogP contribution is 2.58. The number of amides is 1. The van der Waals surface area contributed by atoms with E-state index < -0.39 is 20.7 Å². The topological polar surface area (TPSA) is 63.2 Å². The van der Waals surface area contributed by atoms with Gasteiger partial charge >= 0.3 is 0 Å². The first-order valence-corrected chi connectivity index (χ1v) is 8.27. The molecule has 4 fully saturated rings. The van der Waals surface area contributed by atoms with Gasteiger partial charge < -0.3 is 0 Å². The molecule has 4 bridgehead atoms. The highest BCUT2D eigenvalue weighted by atomic mass is 32.2. The van der Waals surface area contributed by atoms with Crippen molar-refractivity contribution in [1.82, 2.24) is 4.72 Å². The molecule has 5 heteroatoms. The smallest absolute Gasteiger partial charge is 0.240 e. The second-order valence-corrected chi connectivity index (χ2v) is 8.46. The number of sulfonamides is 1. The van der Waals surface area contributed by atoms with Gasteiger partial charge in [0.2, 0.25) is 15.9 Å². The molecule has 18 heavy (non-hydrogen) atoms. The molecule has 4 nitrogen and oxygen atoms in total. The third kappa shape index (κ3) is 1.78. The highest BCUT2D eigenvalue weighted by molar-refractivity contribution is 7.91. The molecule has 0 saturated heterocycles. The highest BCUT2D eigenvalue weighted by Gasteiger charge is 2.57. The van der Waals surface area contributed by atoms with Crippen molar-refractivity contribution in [3.63, 3.8) is 0 Å². The monoisotopic (exact) mass is 270 g/mol. The maximum Gasteiger partial charge on any atom is 0.240 e. The molecule has 0 aliphatic heterocycles. The van der Waals surface area contributed by atoms with Crippen molar-refractivity contribution in [2.24, 2.45) is 17.8 Å². The van der Waals surface area contributed by atoms with Gasteiger partial charge in [-0.05, 0) is 63.2 Å². The molecule has 4 aliphatic rings. The molecule has 1 radical (unpaired) electrons. The van der Waals surface area contributed by atoms with Crippen LogP contribution >= 0.6 is 0 Å². The number of nitrogens with one attached hydrogen (secondary N) is 1. The van der Waals surface area contributed by atoms with E-state index in [9.17, 15) is 13.2 Å². The van der Waals surface area contributed by atoms with Crippen LogP contribution in [-0.4, -0.2) is 19.1 Å². The third-order valence-electron chi connectivity index (χ3n) is 5.03. The number of carbonyl (C=O) groups is 1. The first kappa shape index (κ1) is 12.5. The van der Waals surface area contributed by atoms with E-state index in [1.807, 2.05) is 0 Å². The molecule has 0 spiro atoms. The minimum atomic E-state index is -3.53. The Bertz CT molecular complexity index is 433. The molecule has 4 rings (SSSR count). The van der Waals surface area contributed by atoms with Crippen LogP contribution in [0.15, 0.2) is 0 Å². The Labute approximate surface area is 109 Å². The van der Waals surface area contributed by atoms with E-state index in [4.69, 9.17) is 0 Å². The lowest BCUT2D eigenvalue weighted by Gasteiger charge is -2.55. The van der Waals surface area contributed by atoms with Crippen molar-refractivity contribution in [3.8, 4) is 0 Å². The average molecular weight is 270 g/mol. The van der Waals surface area contributed by atoms with Gasteiger partial charge in [0.25, 0.3) is 0 Å². The maximum absolute atomic E-state index is 12.5. The zero-order valence-corrected chi connectivity index (χ0v) is 11.3. The molecule has 0 aromatic rings. The van der Waals surface area contributed by atoms with Crippen molar-refractivity contribution in [2.45, 2.75) is 49.7 Å². The van der Waals surface area contributed by atoms with Crippen molar-refractivity contribution in [3.05, 3.63) is 6.92 Å². The van der Waals surface area contributed by atoms with Crippen LogP contribution in [0.5, 0.6) is 0 Å². The number of hydrogen-bond acceptors (Lipinski definition) is 3. The lowest BCUT2D eigenvalue weighted by Crippen LogP contribution is -2.58. The summed E-state index contributed by atoms with van der Waals surface area (Å²) in [4.78, 5) is 11.4. The van der Waals surface area contributed by atoms with Gasteiger partial charge in [0.05, 0.1) is 4.75 Å². The molecule has 0 heterocycles. The van der Waals surface area contributed by atoms with Crippen LogP contribution in [0.2, 0.25) is 0 Å². The Morgan fingerprint density at radius 2 is 1.56 bits per heavy atom. The van der Waals surface area contributed by atoms with Crippen LogP contribution in [-0.2, 0) is 14.8 Å². The summed E-state index contributed by atoms with van der Waals surface area (Å²) in [6, 6.07) is 0. The molecule has 0 aromatic carbocycles. The van der Waals surface area contributed by atoms with E-state index in [0.29, 0.717) is 17.8 Å². The summed E-state index contributed by atoms with van der Waals surface area (Å²) in [5, 5.41) is 0. The van der Waals surface area contributed by atoms with Crippen molar-refractivity contribution in [2.75, 3.05) is 0 Å². The molecule has 1 N–H and O–H groups in total. The molecule has 0 unspecified atom stereocenters. The van der Waals surface area contributed by atoms with E-state index >= 15 is 0 Å². The number of carbonyl (C=O) groups excluding carboxylic acids is 1. The normalized spacial score (nSPS) is 41.9. The van der Waals surface area contributed by atoms with Crippen LogP contribution < -0.4 is 4.72 Å². The Morgan fingerprint density at radius 1 is 1.11 bits per heavy atom. The van der Waals surface area contributed by atoms with Gasteiger partial charge in [0.15, 0.2) is 0 Å². The maximum atomic E-state index is 12.5. The van der Waals surface area contributed by atoms with Gasteiger partial charge in [-0.15, -0.1) is 0 Å². The van der Waals surface area contributed by atoms with Crippen LogP contribution in [0.3, 0.4) is 0 Å². The van der Waals surface area contributed by atoms with Crippen LogP contribution in [0.4, 0.5) is 0 Å². The van der Waals surface area contributed by atoms with Gasteiger partial charge in [0, 0.05) is 6.42 Å². The van der Waals surface area contributed by atoms with Crippen LogP contribution in [0.1, 0.15) is 44.9 Å². The Balaban J connectivity index is 1.89. The predicted octanol–water partition coefficient (Wildman–Crippen LogP) is 1.63. The zero-order valence-electron chi connectivity index (χ0n) is 10.5. The molecule has 4 saturated carbocycles. The molecule has 0 atom stereocenters. The largest absolute Gasteiger partial charge is 0.274 e. The second-order valence-electron chi connectivity index (χ2n) is 6.38. The van der Waals surface area contributed by atoms with Crippen molar-refractivity contribution >= 4 is 15.9 Å². The predicted molar refractivity (Wildman–Crippen MR) is 67.9 cm³/mol. The summed E-state index contributed by atoms with van der Waals surface area (Å²) in [5.41, 5.74) is 0. The fraction of sp³-hybridized carbons (Fsp3) is 0.846. The lowest BCUT2D eigenvalue weighted by molar-refractivity contribution is -0.118. The quantitative estimate of drug-likeness (QED) is 0.847. The van der Waals surface area contributed by atoms with Gasteiger partial charge in [-0.25, -0.2) is 8.42 Å². The van der Waals surface area contributed by atoms with Crippen molar-refractivity contribution < 1.29 is 13.2 Å². The Hall–Kier alpha value is -0.580. The standard InChI is InChI=1S/C13H20NO3S/c1-2-12(15)14-18(16,17)13-6-9-3-10(7-13)5-11(4-9)8-13/h9-11H,1-8H2,(H,14,15). The third-order valence-corrected chi connectivity index (χ3v) is 7.16. The number of rotatable bonds is 3. The molecule has 4 aliphatic carbocycles. The van der Waals surface area contributed by atoms with E-state index in [1.165, 1.54) is 19.3 Å². The van der Waals surface area contributed by atoms with E-state index in [-0.39, 0.29) is 6.42 Å². The molecule has 101 valence electrons. The summed E-state index contributed by atoms with van der Waals surface area (Å²) in [5.74, 6) is 1.19. The van der Waals surface area contributed by atoms with E-state index in [1.54, 1.807) is 0 Å². The van der Waals surface area contributed by atoms with Crippen LogP contribution in [0.25, 0.3) is 0 Å². The Kier molecular flexibility index (Phi) is 2.74. The summed E-state index contributed by atoms with van der Waals surface area (Å²) < 4.78 is 26.6. The Morgan fingerprint density at radius 3 is 1.94 bits per heavy atom. The van der Waals surface area contributed by atoms with Gasteiger partial charge in [-0.3, -0.25) is 9.52 Å². The minimum absolute atomic E-state index is 0.0222. The fourth-order valence-electron chi connectivity index (χ4n) is 4.67. The second kappa shape index (κ2) is 3.95. The lowest BCUT2D eigenvalue weighted by atomic mass is 9.56.